The molecular formula is C15H16OS2. The van der Waals surface area contributed by atoms with E-state index in [0.717, 1.165) is 10.5 Å². The lowest BCUT2D eigenvalue weighted by Gasteiger charge is -2.01. The van der Waals surface area contributed by atoms with E-state index in [1.807, 2.05) is 30.3 Å². The van der Waals surface area contributed by atoms with Crippen LogP contribution in [0.25, 0.3) is 6.08 Å². The molecule has 1 nitrogen and oxygen atoms in total. The fraction of sp³-hybridized carbons (Fsp3) is 0.0667. The zero-order valence-corrected chi connectivity index (χ0v) is 11.7. The van der Waals surface area contributed by atoms with Gasteiger partial charge in [-0.25, -0.2) is 0 Å². The van der Waals surface area contributed by atoms with Gasteiger partial charge in [-0.15, -0.1) is 12.6 Å². The van der Waals surface area contributed by atoms with E-state index in [2.05, 4.69) is 31.8 Å². The summed E-state index contributed by atoms with van der Waals surface area (Å²) in [5.41, 5.74) is 1.58. The summed E-state index contributed by atoms with van der Waals surface area (Å²) in [5, 5.41) is 10.00. The Bertz CT molecular complexity index is 484. The molecule has 1 rings (SSSR count). The molecule has 3 heteroatoms. The molecule has 0 spiro atoms. The van der Waals surface area contributed by atoms with E-state index in [1.54, 1.807) is 24.3 Å². The molecule has 0 radical (unpaired) electrons. The molecule has 0 heterocycles. The molecule has 0 unspecified atom stereocenters. The highest BCUT2D eigenvalue weighted by Crippen LogP contribution is 2.14. The topological polar surface area (TPSA) is 20.2 Å². The first-order valence-corrected chi connectivity index (χ1v) is 6.54. The Morgan fingerprint density at radius 2 is 1.89 bits per heavy atom. The largest absolute Gasteiger partial charge is 0.507 e. The zero-order valence-electron chi connectivity index (χ0n) is 9.95. The molecule has 18 heavy (non-hydrogen) atoms. The van der Waals surface area contributed by atoms with Gasteiger partial charge in [-0.1, -0.05) is 55.1 Å². The van der Waals surface area contributed by atoms with Crippen LogP contribution in [-0.4, -0.2) is 10.9 Å². The minimum atomic E-state index is 0.174. The Hall–Kier alpha value is -1.32. The number of rotatable bonds is 5. The van der Waals surface area contributed by atoms with E-state index in [9.17, 15) is 5.11 Å². The van der Waals surface area contributed by atoms with Crippen molar-refractivity contribution in [3.05, 3.63) is 76.9 Å². The highest BCUT2D eigenvalue weighted by Gasteiger charge is 1.98. The van der Waals surface area contributed by atoms with Gasteiger partial charge < -0.3 is 5.11 Å². The fourth-order valence-electron chi connectivity index (χ4n) is 1.29. The molecule has 0 aliphatic carbocycles. The van der Waals surface area contributed by atoms with Crippen LogP contribution in [0.1, 0.15) is 5.56 Å². The molecule has 0 aliphatic rings. The predicted molar refractivity (Wildman–Crippen MR) is 86.2 cm³/mol. The van der Waals surface area contributed by atoms with Crippen LogP contribution in [0.2, 0.25) is 0 Å². The summed E-state index contributed by atoms with van der Waals surface area (Å²) >= 11 is 8.32. The van der Waals surface area contributed by atoms with Gasteiger partial charge in [-0.2, -0.15) is 12.6 Å². The Morgan fingerprint density at radius 3 is 2.44 bits per heavy atom. The quantitative estimate of drug-likeness (QED) is 0.412. The minimum Gasteiger partial charge on any atom is -0.507 e. The average Bonchev–Trinajstić information content (AvgIpc) is 2.40. The first-order chi connectivity index (χ1) is 8.67. The first kappa shape index (κ1) is 14.7. The van der Waals surface area contributed by atoms with Crippen molar-refractivity contribution in [2.75, 3.05) is 5.75 Å². The third kappa shape index (κ3) is 4.90. The van der Waals surface area contributed by atoms with Crippen LogP contribution in [0, 0.1) is 0 Å². The van der Waals surface area contributed by atoms with E-state index in [-0.39, 0.29) is 5.76 Å². The monoisotopic (exact) mass is 276 g/mol. The van der Waals surface area contributed by atoms with Crippen LogP contribution in [0.4, 0.5) is 0 Å². The summed E-state index contributed by atoms with van der Waals surface area (Å²) < 4.78 is 0. The van der Waals surface area contributed by atoms with Crippen molar-refractivity contribution in [2.24, 2.45) is 0 Å². The smallest absolute Gasteiger partial charge is 0.123 e. The Morgan fingerprint density at radius 1 is 1.22 bits per heavy atom. The molecule has 0 saturated carbocycles. The average molecular weight is 276 g/mol. The van der Waals surface area contributed by atoms with Gasteiger partial charge in [0.15, 0.2) is 0 Å². The van der Waals surface area contributed by atoms with Gasteiger partial charge in [-0.05, 0) is 16.5 Å². The van der Waals surface area contributed by atoms with Crippen LogP contribution in [0.15, 0.2) is 71.4 Å². The maximum atomic E-state index is 10.00. The molecule has 94 valence electrons. The highest BCUT2D eigenvalue weighted by atomic mass is 32.1. The third-order valence-electron chi connectivity index (χ3n) is 2.24. The number of allylic oxidation sites excluding steroid dienone is 3. The van der Waals surface area contributed by atoms with Gasteiger partial charge in [0, 0.05) is 11.3 Å². The summed E-state index contributed by atoms with van der Waals surface area (Å²) in [6, 6.07) is 9.61. The van der Waals surface area contributed by atoms with Crippen molar-refractivity contribution in [3.8, 4) is 0 Å². The van der Waals surface area contributed by atoms with Gasteiger partial charge >= 0.3 is 0 Å². The number of hydrogen-bond acceptors (Lipinski definition) is 3. The molecule has 0 fully saturated rings. The van der Waals surface area contributed by atoms with Crippen molar-refractivity contribution < 1.29 is 5.11 Å². The Labute approximate surface area is 119 Å². The van der Waals surface area contributed by atoms with E-state index in [4.69, 9.17) is 0 Å². The molecule has 0 aliphatic heterocycles. The number of aliphatic hydroxyl groups is 1. The molecule has 0 atom stereocenters. The standard InChI is InChI=1S/C15H16OS2/c1-2-13(8-9-14(18)11-17)15(16)10-12-6-4-3-5-7-12/h2-10,16-18H,1,11H2/b13-8+,14-9+,15-10-. The van der Waals surface area contributed by atoms with E-state index in [1.165, 1.54) is 0 Å². The first-order valence-electron chi connectivity index (χ1n) is 5.46. The van der Waals surface area contributed by atoms with E-state index in [0.29, 0.717) is 11.3 Å². The number of hydrogen-bond donors (Lipinski definition) is 3. The van der Waals surface area contributed by atoms with Gasteiger partial charge in [0.2, 0.25) is 0 Å². The lowest BCUT2D eigenvalue weighted by Crippen LogP contribution is -1.85. The van der Waals surface area contributed by atoms with Crippen LogP contribution >= 0.6 is 25.3 Å². The van der Waals surface area contributed by atoms with Crippen LogP contribution in [0.3, 0.4) is 0 Å². The number of benzene rings is 1. The maximum Gasteiger partial charge on any atom is 0.123 e. The maximum absolute atomic E-state index is 10.00. The fourth-order valence-corrected chi connectivity index (χ4v) is 1.47. The van der Waals surface area contributed by atoms with E-state index >= 15 is 0 Å². The number of thiol groups is 2. The van der Waals surface area contributed by atoms with E-state index < -0.39 is 0 Å². The van der Waals surface area contributed by atoms with Crippen molar-refractivity contribution in [3.63, 3.8) is 0 Å². The second kappa shape index (κ2) is 7.90. The van der Waals surface area contributed by atoms with Crippen LogP contribution < -0.4 is 0 Å². The lowest BCUT2D eigenvalue weighted by molar-refractivity contribution is 0.432. The SMILES string of the molecule is C=CC(=C\C=C(\S)CS)/C(O)=C/c1ccccc1. The van der Waals surface area contributed by atoms with Gasteiger partial charge in [-0.3, -0.25) is 0 Å². The molecular weight excluding hydrogens is 260 g/mol. The highest BCUT2D eigenvalue weighted by molar-refractivity contribution is 7.87. The van der Waals surface area contributed by atoms with Gasteiger partial charge in [0.1, 0.15) is 5.76 Å². The third-order valence-corrected chi connectivity index (χ3v) is 3.13. The van der Waals surface area contributed by atoms with Gasteiger partial charge in [0.25, 0.3) is 0 Å². The summed E-state index contributed by atoms with van der Waals surface area (Å²) in [7, 11) is 0. The lowest BCUT2D eigenvalue weighted by atomic mass is 10.1. The summed E-state index contributed by atoms with van der Waals surface area (Å²) in [6.07, 6.45) is 6.85. The molecule has 1 aromatic rings. The second-order valence-corrected chi connectivity index (χ2v) is 4.47. The molecule has 1 N–H and O–H groups in total. The summed E-state index contributed by atoms with van der Waals surface area (Å²) in [5.74, 6) is 0.737. The molecule has 0 saturated heterocycles. The Balaban J connectivity index is 2.96. The van der Waals surface area contributed by atoms with Crippen molar-refractivity contribution in [1.82, 2.24) is 0 Å². The molecule has 0 bridgehead atoms. The van der Waals surface area contributed by atoms with Crippen molar-refractivity contribution in [2.45, 2.75) is 0 Å². The minimum absolute atomic E-state index is 0.174. The van der Waals surface area contributed by atoms with Crippen LogP contribution in [0.5, 0.6) is 0 Å². The molecule has 1 aromatic carbocycles. The van der Waals surface area contributed by atoms with Crippen molar-refractivity contribution in [1.29, 1.82) is 0 Å². The van der Waals surface area contributed by atoms with Crippen LogP contribution in [-0.2, 0) is 0 Å². The second-order valence-electron chi connectivity index (χ2n) is 3.58. The predicted octanol–water partition coefficient (Wildman–Crippen LogP) is 4.44. The van der Waals surface area contributed by atoms with Gasteiger partial charge in [0.05, 0.1) is 0 Å². The number of aliphatic hydroxyl groups excluding tert-OH is 1. The normalized spacial score (nSPS) is 13.6. The zero-order chi connectivity index (χ0) is 13.4. The Kier molecular flexibility index (Phi) is 6.47. The summed E-state index contributed by atoms with van der Waals surface area (Å²) in [4.78, 5) is 0.824. The summed E-state index contributed by atoms with van der Waals surface area (Å²) in [6.45, 7) is 3.69. The molecule has 0 amide bonds. The van der Waals surface area contributed by atoms with Crippen molar-refractivity contribution >= 4 is 31.3 Å². The molecule has 0 aromatic heterocycles.